The Balaban J connectivity index is 0. The molecule has 0 aromatic heterocycles. The van der Waals surface area contributed by atoms with Gasteiger partial charge in [-0.1, -0.05) is 0 Å². The predicted molar refractivity (Wildman–Crippen MR) is 31.9 cm³/mol. The second-order valence-electron chi connectivity index (χ2n) is 1.63. The number of aliphatic carboxylic acids is 1. The molecule has 3 nitrogen and oxygen atoms in total. The summed E-state index contributed by atoms with van der Waals surface area (Å²) in [4.78, 5) is 11.4. The molecule has 0 atom stereocenters. The van der Waals surface area contributed by atoms with Crippen molar-refractivity contribution in [1.82, 2.24) is 4.90 Å². The summed E-state index contributed by atoms with van der Waals surface area (Å²) in [5.41, 5.74) is 0. The number of hydrogen-bond acceptors (Lipinski definition) is 2. The Morgan fingerprint density at radius 1 is 1.62 bits per heavy atom. The van der Waals surface area contributed by atoms with E-state index in [0.29, 0.717) is 0 Å². The molecule has 0 unspecified atom stereocenters. The molecule has 0 rings (SSSR count). The van der Waals surface area contributed by atoms with Crippen LogP contribution < -0.4 is 0 Å². The second kappa shape index (κ2) is 5.17. The maximum atomic E-state index is 9.77. The Hall–Kier alpha value is 0.0274. The molecule has 0 spiro atoms. The molecule has 0 aliphatic rings. The molecule has 0 aromatic rings. The van der Waals surface area contributed by atoms with Gasteiger partial charge in [-0.2, -0.15) is 0 Å². The summed E-state index contributed by atoms with van der Waals surface area (Å²) in [6.07, 6.45) is 0. The van der Waals surface area contributed by atoms with E-state index in [4.69, 9.17) is 5.11 Å². The third kappa shape index (κ3) is 9.39. The van der Waals surface area contributed by atoms with Crippen molar-refractivity contribution >= 4 is 24.8 Å². The van der Waals surface area contributed by atoms with Crippen LogP contribution in [0.25, 0.3) is 0 Å². The number of likely N-dealkylation sites (N-methyl/N-ethyl adjacent to an activating group) is 1. The monoisotopic (exact) mass is 110 g/mol. The fourth-order valence-electron chi connectivity index (χ4n) is 0.271. The minimum absolute atomic E-state index is 0. The van der Waals surface area contributed by atoms with Crippen molar-refractivity contribution in [1.29, 1.82) is 0 Å². The van der Waals surface area contributed by atoms with Gasteiger partial charge in [0.15, 0.2) is 0 Å². The van der Waals surface area contributed by atoms with E-state index in [-0.39, 0.29) is 25.4 Å². The van der Waals surface area contributed by atoms with Gasteiger partial charge in [-0.05, 0) is 14.1 Å². The molecule has 0 amide bonds. The van der Waals surface area contributed by atoms with Crippen LogP contribution in [0.1, 0.15) is 0 Å². The van der Waals surface area contributed by atoms with E-state index in [2.05, 4.69) is 0 Å². The Labute approximate surface area is 60.8 Å². The van der Waals surface area contributed by atoms with Crippen LogP contribution in [0.2, 0.25) is 0 Å². The molecule has 0 saturated carbocycles. The van der Waals surface area contributed by atoms with Crippen molar-refractivity contribution in [2.45, 2.75) is 0 Å². The van der Waals surface area contributed by atoms with Crippen LogP contribution in [-0.4, -0.2) is 55.5 Å². The zero-order valence-corrected chi connectivity index (χ0v) is 5.51. The Kier molecular flexibility index (Phi) is 7.05. The van der Waals surface area contributed by atoms with Crippen molar-refractivity contribution in [2.24, 2.45) is 0 Å². The van der Waals surface area contributed by atoms with Gasteiger partial charge in [-0.25, -0.2) is 0 Å². The van der Waals surface area contributed by atoms with Gasteiger partial charge < -0.3 is 5.11 Å². The SMILES string of the molecule is CN(C)CC(=O)O.[Li]. The van der Waals surface area contributed by atoms with E-state index in [9.17, 15) is 4.79 Å². The van der Waals surface area contributed by atoms with E-state index in [1.165, 1.54) is 0 Å². The molecule has 4 heteroatoms. The minimum Gasteiger partial charge on any atom is -0.480 e. The summed E-state index contributed by atoms with van der Waals surface area (Å²) < 4.78 is 0. The molecule has 0 bridgehead atoms. The molecular formula is C4H9LiNO2. The molecule has 8 heavy (non-hydrogen) atoms. The summed E-state index contributed by atoms with van der Waals surface area (Å²) in [5, 5.41) is 8.04. The first-order valence-corrected chi connectivity index (χ1v) is 1.99. The molecule has 0 aromatic carbocycles. The van der Waals surface area contributed by atoms with Crippen LogP contribution in [0.15, 0.2) is 0 Å². The Morgan fingerprint density at radius 2 is 2.00 bits per heavy atom. The van der Waals surface area contributed by atoms with Gasteiger partial charge in [-0.3, -0.25) is 9.69 Å². The van der Waals surface area contributed by atoms with Gasteiger partial charge in [0, 0.05) is 18.9 Å². The maximum absolute atomic E-state index is 9.77. The summed E-state index contributed by atoms with van der Waals surface area (Å²) in [5.74, 6) is -0.787. The fraction of sp³-hybridized carbons (Fsp3) is 0.750. The number of carboxylic acid groups (broad SMARTS) is 1. The zero-order chi connectivity index (χ0) is 5.86. The van der Waals surface area contributed by atoms with Crippen LogP contribution in [0.3, 0.4) is 0 Å². The summed E-state index contributed by atoms with van der Waals surface area (Å²) in [6.45, 7) is 0.111. The molecule has 0 fully saturated rings. The van der Waals surface area contributed by atoms with Crippen molar-refractivity contribution in [3.63, 3.8) is 0 Å². The third-order valence-corrected chi connectivity index (χ3v) is 0.451. The second-order valence-corrected chi connectivity index (χ2v) is 1.63. The number of rotatable bonds is 2. The number of carbonyl (C=O) groups is 1. The van der Waals surface area contributed by atoms with Crippen LogP contribution in [0.4, 0.5) is 0 Å². The van der Waals surface area contributed by atoms with E-state index in [1.54, 1.807) is 19.0 Å². The molecular weight excluding hydrogens is 101 g/mol. The largest absolute Gasteiger partial charge is 0.480 e. The minimum atomic E-state index is -0.787. The molecule has 1 N–H and O–H groups in total. The van der Waals surface area contributed by atoms with Crippen LogP contribution in [0, 0.1) is 0 Å². The number of hydrogen-bond donors (Lipinski definition) is 1. The Bertz CT molecular complexity index is 74.4. The van der Waals surface area contributed by atoms with Gasteiger partial charge in [-0.15, -0.1) is 0 Å². The number of nitrogens with zero attached hydrogens (tertiary/aromatic N) is 1. The molecule has 0 heterocycles. The Morgan fingerprint density at radius 3 is 2.00 bits per heavy atom. The van der Waals surface area contributed by atoms with Crippen LogP contribution >= 0.6 is 0 Å². The quantitative estimate of drug-likeness (QED) is 0.475. The van der Waals surface area contributed by atoms with Gasteiger partial charge in [0.25, 0.3) is 0 Å². The van der Waals surface area contributed by atoms with E-state index in [1.807, 2.05) is 0 Å². The third-order valence-electron chi connectivity index (χ3n) is 0.451. The van der Waals surface area contributed by atoms with Crippen LogP contribution in [0.5, 0.6) is 0 Å². The van der Waals surface area contributed by atoms with E-state index < -0.39 is 5.97 Å². The van der Waals surface area contributed by atoms with Crippen molar-refractivity contribution in [2.75, 3.05) is 20.6 Å². The summed E-state index contributed by atoms with van der Waals surface area (Å²) in [7, 11) is 3.43. The first kappa shape index (κ1) is 10.9. The van der Waals surface area contributed by atoms with Crippen molar-refractivity contribution in [3.8, 4) is 0 Å². The zero-order valence-electron chi connectivity index (χ0n) is 5.51. The molecule has 0 saturated heterocycles. The average molecular weight is 110 g/mol. The fourth-order valence-corrected chi connectivity index (χ4v) is 0.271. The predicted octanol–water partition coefficient (Wildman–Crippen LogP) is -0.748. The number of carboxylic acids is 1. The van der Waals surface area contributed by atoms with Crippen molar-refractivity contribution < 1.29 is 9.90 Å². The first-order valence-electron chi connectivity index (χ1n) is 1.99. The smallest absolute Gasteiger partial charge is 0.317 e. The normalized spacial score (nSPS) is 8.38. The molecule has 0 aliphatic heterocycles. The maximum Gasteiger partial charge on any atom is 0.317 e. The van der Waals surface area contributed by atoms with Crippen molar-refractivity contribution in [3.05, 3.63) is 0 Å². The van der Waals surface area contributed by atoms with Gasteiger partial charge in [0.2, 0.25) is 0 Å². The summed E-state index contributed by atoms with van der Waals surface area (Å²) in [6, 6.07) is 0. The molecule has 1 radical (unpaired) electrons. The molecule has 0 aliphatic carbocycles. The van der Waals surface area contributed by atoms with Gasteiger partial charge in [0.1, 0.15) is 0 Å². The van der Waals surface area contributed by atoms with Gasteiger partial charge in [0.05, 0.1) is 6.54 Å². The van der Waals surface area contributed by atoms with E-state index >= 15 is 0 Å². The topological polar surface area (TPSA) is 40.5 Å². The molecule has 43 valence electrons. The van der Waals surface area contributed by atoms with E-state index in [0.717, 1.165) is 0 Å². The van der Waals surface area contributed by atoms with Crippen LogP contribution in [-0.2, 0) is 4.79 Å². The average Bonchev–Trinajstić information content (AvgIpc) is 1.27. The van der Waals surface area contributed by atoms with Gasteiger partial charge >= 0.3 is 5.97 Å². The summed E-state index contributed by atoms with van der Waals surface area (Å²) >= 11 is 0. The first-order chi connectivity index (χ1) is 3.13. The standard InChI is InChI=1S/C4H9NO2.Li/c1-5(2)3-4(6)7;/h3H2,1-2H3,(H,6,7);.